The summed E-state index contributed by atoms with van der Waals surface area (Å²) in [6, 6.07) is 6.24. The van der Waals surface area contributed by atoms with E-state index in [-0.39, 0.29) is 18.9 Å². The third-order valence-electron chi connectivity index (χ3n) is 2.15. The van der Waals surface area contributed by atoms with Gasteiger partial charge in [-0.1, -0.05) is 34.1 Å². The van der Waals surface area contributed by atoms with Gasteiger partial charge in [-0.25, -0.2) is 13.2 Å². The first kappa shape index (κ1) is 13.5. The molecule has 0 amide bonds. The third kappa shape index (κ3) is 4.53. The summed E-state index contributed by atoms with van der Waals surface area (Å²) in [7, 11) is 0. The van der Waals surface area contributed by atoms with Crippen molar-refractivity contribution < 1.29 is 13.2 Å². The molecule has 90 valence electrons. The first-order valence-electron chi connectivity index (χ1n) is 4.93. The van der Waals surface area contributed by atoms with Crippen molar-refractivity contribution in [3.8, 4) is 0 Å². The molecule has 0 unspecified atom stereocenters. The average molecular weight is 296 g/mol. The van der Waals surface area contributed by atoms with Gasteiger partial charge < -0.3 is 0 Å². The van der Waals surface area contributed by atoms with Crippen LogP contribution in [0.4, 0.5) is 13.2 Å². The van der Waals surface area contributed by atoms with Gasteiger partial charge in [-0.3, -0.25) is 4.90 Å². The number of hydrogen-bond acceptors (Lipinski definition) is 1. The highest BCUT2D eigenvalue weighted by molar-refractivity contribution is 9.09. The van der Waals surface area contributed by atoms with Gasteiger partial charge in [-0.05, 0) is 6.07 Å². The van der Waals surface area contributed by atoms with Gasteiger partial charge in [0.2, 0.25) is 0 Å². The highest BCUT2D eigenvalue weighted by atomic mass is 79.9. The third-order valence-corrected chi connectivity index (χ3v) is 2.50. The Bertz CT molecular complexity index is 320. The molecular formula is C11H13BrF3N. The molecule has 5 heteroatoms. The molecule has 0 N–H and O–H groups in total. The molecular weight excluding hydrogens is 283 g/mol. The van der Waals surface area contributed by atoms with Crippen LogP contribution in [-0.4, -0.2) is 29.7 Å². The van der Waals surface area contributed by atoms with Gasteiger partial charge >= 0.3 is 0 Å². The van der Waals surface area contributed by atoms with E-state index < -0.39 is 6.43 Å². The Labute approximate surface area is 101 Å². The maximum absolute atomic E-state index is 13.3. The molecule has 0 saturated carbocycles. The minimum Gasteiger partial charge on any atom is -0.293 e. The number of benzene rings is 1. The second kappa shape index (κ2) is 6.91. The van der Waals surface area contributed by atoms with Crippen LogP contribution >= 0.6 is 15.9 Å². The first-order valence-corrected chi connectivity index (χ1v) is 6.05. The SMILES string of the molecule is Fc1ccccc1CN(CCBr)CC(F)F. The van der Waals surface area contributed by atoms with Gasteiger partial charge in [0.25, 0.3) is 6.43 Å². The minimum atomic E-state index is -2.40. The van der Waals surface area contributed by atoms with Crippen molar-refractivity contribution in [2.24, 2.45) is 0 Å². The molecule has 1 rings (SSSR count). The van der Waals surface area contributed by atoms with Crippen LogP contribution in [0.3, 0.4) is 0 Å². The van der Waals surface area contributed by atoms with Gasteiger partial charge in [0.15, 0.2) is 0 Å². The van der Waals surface area contributed by atoms with Crippen molar-refractivity contribution in [2.75, 3.05) is 18.4 Å². The zero-order chi connectivity index (χ0) is 12.0. The van der Waals surface area contributed by atoms with Crippen molar-refractivity contribution in [3.05, 3.63) is 35.6 Å². The summed E-state index contributed by atoms with van der Waals surface area (Å²) < 4.78 is 37.8. The molecule has 0 atom stereocenters. The van der Waals surface area contributed by atoms with Crippen LogP contribution in [0.25, 0.3) is 0 Å². The molecule has 0 aliphatic carbocycles. The first-order chi connectivity index (χ1) is 7.63. The van der Waals surface area contributed by atoms with E-state index >= 15 is 0 Å². The van der Waals surface area contributed by atoms with E-state index in [0.717, 1.165) is 0 Å². The van der Waals surface area contributed by atoms with Crippen LogP contribution in [0.2, 0.25) is 0 Å². The van der Waals surface area contributed by atoms with Gasteiger partial charge in [0.1, 0.15) is 5.82 Å². The number of alkyl halides is 3. The van der Waals surface area contributed by atoms with Crippen LogP contribution in [0.5, 0.6) is 0 Å². The number of rotatable bonds is 6. The lowest BCUT2D eigenvalue weighted by molar-refractivity contribution is 0.0876. The van der Waals surface area contributed by atoms with E-state index in [2.05, 4.69) is 15.9 Å². The predicted octanol–water partition coefficient (Wildman–Crippen LogP) is 3.29. The Balaban J connectivity index is 2.64. The smallest absolute Gasteiger partial charge is 0.251 e. The van der Waals surface area contributed by atoms with E-state index in [9.17, 15) is 13.2 Å². The van der Waals surface area contributed by atoms with Gasteiger partial charge in [0.05, 0.1) is 6.54 Å². The fourth-order valence-electron chi connectivity index (χ4n) is 1.42. The quantitative estimate of drug-likeness (QED) is 0.728. The fourth-order valence-corrected chi connectivity index (χ4v) is 1.92. The lowest BCUT2D eigenvalue weighted by Crippen LogP contribution is -2.30. The molecule has 1 nitrogen and oxygen atoms in total. The number of hydrogen-bond donors (Lipinski definition) is 0. The Hall–Kier alpha value is -0.550. The van der Waals surface area contributed by atoms with Gasteiger partial charge in [-0.15, -0.1) is 0 Å². The lowest BCUT2D eigenvalue weighted by Gasteiger charge is -2.20. The van der Waals surface area contributed by atoms with Crippen molar-refractivity contribution in [1.29, 1.82) is 0 Å². The molecule has 16 heavy (non-hydrogen) atoms. The monoisotopic (exact) mass is 295 g/mol. The highest BCUT2D eigenvalue weighted by Gasteiger charge is 2.13. The van der Waals surface area contributed by atoms with E-state index in [4.69, 9.17) is 0 Å². The lowest BCUT2D eigenvalue weighted by atomic mass is 10.2. The second-order valence-electron chi connectivity index (χ2n) is 3.41. The summed E-state index contributed by atoms with van der Waals surface area (Å²) in [6.07, 6.45) is -2.40. The van der Waals surface area contributed by atoms with Crippen LogP contribution < -0.4 is 0 Å². The van der Waals surface area contributed by atoms with Gasteiger partial charge in [-0.2, -0.15) is 0 Å². The molecule has 0 bridgehead atoms. The summed E-state index contributed by atoms with van der Waals surface area (Å²) in [5.74, 6) is -0.351. The van der Waals surface area contributed by atoms with Gasteiger partial charge in [0, 0.05) is 24.0 Å². The second-order valence-corrected chi connectivity index (χ2v) is 4.20. The Morgan fingerprint density at radius 1 is 1.25 bits per heavy atom. The summed E-state index contributed by atoms with van der Waals surface area (Å²) in [6.45, 7) is 0.348. The van der Waals surface area contributed by atoms with Crippen molar-refractivity contribution in [1.82, 2.24) is 4.90 Å². The number of nitrogens with zero attached hydrogens (tertiary/aromatic N) is 1. The zero-order valence-corrected chi connectivity index (χ0v) is 10.3. The minimum absolute atomic E-state index is 0.211. The molecule has 0 aliphatic heterocycles. The normalized spacial score (nSPS) is 11.4. The molecule has 0 fully saturated rings. The maximum atomic E-state index is 13.3. The summed E-state index contributed by atoms with van der Waals surface area (Å²) >= 11 is 3.19. The Morgan fingerprint density at radius 3 is 2.50 bits per heavy atom. The maximum Gasteiger partial charge on any atom is 0.251 e. The predicted molar refractivity (Wildman–Crippen MR) is 61.5 cm³/mol. The van der Waals surface area contributed by atoms with Crippen molar-refractivity contribution >= 4 is 15.9 Å². The Kier molecular flexibility index (Phi) is 5.84. The highest BCUT2D eigenvalue weighted by Crippen LogP contribution is 2.11. The zero-order valence-electron chi connectivity index (χ0n) is 8.67. The summed E-state index contributed by atoms with van der Waals surface area (Å²) in [4.78, 5) is 1.53. The van der Waals surface area contributed by atoms with Crippen molar-refractivity contribution in [2.45, 2.75) is 13.0 Å². The molecule has 0 aliphatic rings. The van der Waals surface area contributed by atoms with Crippen LogP contribution in [0.15, 0.2) is 24.3 Å². The molecule has 0 spiro atoms. The summed E-state index contributed by atoms with van der Waals surface area (Å²) in [5, 5.41) is 0.591. The van der Waals surface area contributed by atoms with Crippen LogP contribution in [0, 0.1) is 5.82 Å². The van der Waals surface area contributed by atoms with Crippen LogP contribution in [-0.2, 0) is 6.54 Å². The largest absolute Gasteiger partial charge is 0.293 e. The van der Waals surface area contributed by atoms with E-state index in [0.29, 0.717) is 17.4 Å². The van der Waals surface area contributed by atoms with E-state index in [1.807, 2.05) is 0 Å². The topological polar surface area (TPSA) is 3.24 Å². The molecule has 0 saturated heterocycles. The van der Waals surface area contributed by atoms with E-state index in [1.54, 1.807) is 18.2 Å². The molecule has 0 aromatic heterocycles. The van der Waals surface area contributed by atoms with E-state index in [1.165, 1.54) is 11.0 Å². The van der Waals surface area contributed by atoms with Crippen LogP contribution in [0.1, 0.15) is 5.56 Å². The fraction of sp³-hybridized carbons (Fsp3) is 0.455. The number of halogens is 4. The Morgan fingerprint density at radius 2 is 1.94 bits per heavy atom. The summed E-state index contributed by atoms with van der Waals surface area (Å²) in [5.41, 5.74) is 0.448. The average Bonchev–Trinajstić information content (AvgIpc) is 2.21. The molecule has 1 aromatic carbocycles. The molecule has 0 radical (unpaired) electrons. The molecule has 0 heterocycles. The van der Waals surface area contributed by atoms with Crippen molar-refractivity contribution in [3.63, 3.8) is 0 Å². The standard InChI is InChI=1S/C11H13BrF3N/c12-5-6-16(8-11(14)15)7-9-3-1-2-4-10(9)13/h1-4,11H,5-8H2. The molecule has 1 aromatic rings.